The molecule has 0 atom stereocenters. The summed E-state index contributed by atoms with van der Waals surface area (Å²) in [7, 11) is 0. The van der Waals surface area contributed by atoms with E-state index >= 15 is 0 Å². The van der Waals surface area contributed by atoms with Gasteiger partial charge in [-0.05, 0) is 41.0 Å². The third-order valence-corrected chi connectivity index (χ3v) is 3.53. The number of carbonyl (C=O) groups excluding carboxylic acids is 1. The van der Waals surface area contributed by atoms with E-state index in [1.165, 1.54) is 24.3 Å². The Labute approximate surface area is 140 Å². The van der Waals surface area contributed by atoms with Gasteiger partial charge >= 0.3 is 0 Å². The minimum atomic E-state index is -0.327. The molecule has 1 amide bonds. The van der Waals surface area contributed by atoms with Crippen LogP contribution in [0.2, 0.25) is 0 Å². The lowest BCUT2D eigenvalue weighted by Crippen LogP contribution is -2.17. The molecule has 4 nitrogen and oxygen atoms in total. The highest BCUT2D eigenvalue weighted by Gasteiger charge is 2.03. The SMILES string of the molecule is O=C(N/N=C\c1ccc(-c2ccccc2)cc1)c1ccc(O)cc1. The maximum atomic E-state index is 11.9. The second kappa shape index (κ2) is 7.24. The fraction of sp³-hybridized carbons (Fsp3) is 0. The predicted octanol–water partition coefficient (Wildman–Crippen LogP) is 3.82. The van der Waals surface area contributed by atoms with E-state index in [1.54, 1.807) is 6.21 Å². The van der Waals surface area contributed by atoms with Gasteiger partial charge in [0.05, 0.1) is 6.21 Å². The van der Waals surface area contributed by atoms with Crippen LogP contribution in [0.25, 0.3) is 11.1 Å². The molecule has 4 heteroatoms. The first-order valence-corrected chi connectivity index (χ1v) is 7.50. The van der Waals surface area contributed by atoms with Crippen molar-refractivity contribution in [3.05, 3.63) is 90.0 Å². The Hall–Kier alpha value is -3.40. The number of hydrogen-bond acceptors (Lipinski definition) is 3. The van der Waals surface area contributed by atoms with Crippen molar-refractivity contribution in [2.75, 3.05) is 0 Å². The molecule has 0 unspecified atom stereocenters. The van der Waals surface area contributed by atoms with Gasteiger partial charge in [0, 0.05) is 5.56 Å². The summed E-state index contributed by atoms with van der Waals surface area (Å²) in [4.78, 5) is 11.9. The number of nitrogens with one attached hydrogen (secondary N) is 1. The standard InChI is InChI=1S/C20H16N2O2/c23-19-12-10-18(11-13-19)20(24)22-21-14-15-6-8-17(9-7-15)16-4-2-1-3-5-16/h1-14,23H,(H,22,24)/b21-14-. The molecule has 0 bridgehead atoms. The maximum Gasteiger partial charge on any atom is 0.271 e. The Morgan fingerprint density at radius 1 is 0.833 bits per heavy atom. The van der Waals surface area contributed by atoms with Crippen molar-refractivity contribution in [3.63, 3.8) is 0 Å². The number of amides is 1. The molecule has 3 rings (SSSR count). The first-order valence-electron chi connectivity index (χ1n) is 7.50. The van der Waals surface area contributed by atoms with E-state index in [2.05, 4.69) is 22.7 Å². The van der Waals surface area contributed by atoms with Crippen molar-refractivity contribution in [3.8, 4) is 16.9 Å². The molecule has 3 aromatic rings. The number of phenolic OH excluding ortho intramolecular Hbond substituents is 1. The largest absolute Gasteiger partial charge is 0.508 e. The van der Waals surface area contributed by atoms with Crippen molar-refractivity contribution < 1.29 is 9.90 Å². The summed E-state index contributed by atoms with van der Waals surface area (Å²) in [5.74, 6) is -0.208. The van der Waals surface area contributed by atoms with E-state index in [-0.39, 0.29) is 11.7 Å². The van der Waals surface area contributed by atoms with Crippen molar-refractivity contribution in [1.29, 1.82) is 0 Å². The van der Waals surface area contributed by atoms with Gasteiger partial charge in [0.25, 0.3) is 5.91 Å². The van der Waals surface area contributed by atoms with Gasteiger partial charge in [-0.1, -0.05) is 54.6 Å². The van der Waals surface area contributed by atoms with Crippen molar-refractivity contribution in [2.24, 2.45) is 5.10 Å². The molecule has 0 saturated heterocycles. The smallest absolute Gasteiger partial charge is 0.271 e. The molecule has 0 radical (unpaired) electrons. The van der Waals surface area contributed by atoms with Gasteiger partial charge in [0.2, 0.25) is 0 Å². The van der Waals surface area contributed by atoms with Crippen molar-refractivity contribution in [2.45, 2.75) is 0 Å². The molecule has 118 valence electrons. The van der Waals surface area contributed by atoms with Crippen LogP contribution in [0.4, 0.5) is 0 Å². The van der Waals surface area contributed by atoms with Crippen LogP contribution in [0, 0.1) is 0 Å². The van der Waals surface area contributed by atoms with E-state index in [1.807, 2.05) is 42.5 Å². The van der Waals surface area contributed by atoms with Crippen LogP contribution in [-0.2, 0) is 0 Å². The second-order valence-corrected chi connectivity index (χ2v) is 5.23. The third kappa shape index (κ3) is 3.87. The normalized spacial score (nSPS) is 10.7. The predicted molar refractivity (Wildman–Crippen MR) is 95.0 cm³/mol. The monoisotopic (exact) mass is 316 g/mol. The Bertz CT molecular complexity index is 839. The van der Waals surface area contributed by atoms with Crippen molar-refractivity contribution >= 4 is 12.1 Å². The van der Waals surface area contributed by atoms with E-state index in [0.717, 1.165) is 16.7 Å². The number of aromatic hydroxyl groups is 1. The first-order chi connectivity index (χ1) is 11.7. The van der Waals surface area contributed by atoms with Crippen LogP contribution in [0.1, 0.15) is 15.9 Å². The van der Waals surface area contributed by atoms with E-state index in [0.29, 0.717) is 5.56 Å². The summed E-state index contributed by atoms with van der Waals surface area (Å²) < 4.78 is 0. The lowest BCUT2D eigenvalue weighted by Gasteiger charge is -2.02. The molecule has 0 spiro atoms. The zero-order valence-electron chi connectivity index (χ0n) is 12.9. The molecule has 0 aliphatic rings. The molecule has 0 saturated carbocycles. The van der Waals surface area contributed by atoms with Gasteiger partial charge in [-0.2, -0.15) is 5.10 Å². The molecule has 0 fully saturated rings. The third-order valence-electron chi connectivity index (χ3n) is 3.53. The quantitative estimate of drug-likeness (QED) is 0.568. The average molecular weight is 316 g/mol. The van der Waals surface area contributed by atoms with Crippen LogP contribution >= 0.6 is 0 Å². The number of hydrogen-bond donors (Lipinski definition) is 2. The Balaban J connectivity index is 1.62. The lowest BCUT2D eigenvalue weighted by atomic mass is 10.0. The van der Waals surface area contributed by atoms with Crippen molar-refractivity contribution in [1.82, 2.24) is 5.43 Å². The summed E-state index contributed by atoms with van der Waals surface area (Å²) in [6.07, 6.45) is 1.59. The highest BCUT2D eigenvalue weighted by Crippen LogP contribution is 2.18. The van der Waals surface area contributed by atoms with Gasteiger partial charge in [-0.15, -0.1) is 0 Å². The van der Waals surface area contributed by atoms with Crippen LogP contribution in [0.5, 0.6) is 5.75 Å². The Kier molecular flexibility index (Phi) is 4.68. The molecule has 0 aromatic heterocycles. The van der Waals surface area contributed by atoms with Crippen LogP contribution < -0.4 is 5.43 Å². The molecule has 3 aromatic carbocycles. The zero-order chi connectivity index (χ0) is 16.8. The van der Waals surface area contributed by atoms with Gasteiger partial charge in [-0.3, -0.25) is 4.79 Å². The number of carbonyl (C=O) groups is 1. The van der Waals surface area contributed by atoms with Crippen LogP contribution in [-0.4, -0.2) is 17.2 Å². The minimum absolute atomic E-state index is 0.119. The zero-order valence-corrected chi connectivity index (χ0v) is 12.9. The summed E-state index contributed by atoms with van der Waals surface area (Å²) in [6, 6.07) is 24.0. The van der Waals surface area contributed by atoms with E-state index < -0.39 is 0 Å². The summed E-state index contributed by atoms with van der Waals surface area (Å²) >= 11 is 0. The Morgan fingerprint density at radius 3 is 2.12 bits per heavy atom. The highest BCUT2D eigenvalue weighted by molar-refractivity contribution is 5.95. The van der Waals surface area contributed by atoms with Gasteiger partial charge in [0.15, 0.2) is 0 Å². The molecular weight excluding hydrogens is 300 g/mol. The molecule has 0 aliphatic carbocycles. The fourth-order valence-corrected chi connectivity index (χ4v) is 2.24. The Morgan fingerprint density at radius 2 is 1.46 bits per heavy atom. The number of benzene rings is 3. The van der Waals surface area contributed by atoms with Crippen LogP contribution in [0.15, 0.2) is 84.0 Å². The summed E-state index contributed by atoms with van der Waals surface area (Å²) in [5.41, 5.74) is 6.07. The average Bonchev–Trinajstić information content (AvgIpc) is 2.63. The number of rotatable bonds is 4. The minimum Gasteiger partial charge on any atom is -0.508 e. The van der Waals surface area contributed by atoms with Crippen LogP contribution in [0.3, 0.4) is 0 Å². The second-order valence-electron chi connectivity index (χ2n) is 5.23. The van der Waals surface area contributed by atoms with Gasteiger partial charge in [0.1, 0.15) is 5.75 Å². The molecule has 0 heterocycles. The fourth-order valence-electron chi connectivity index (χ4n) is 2.24. The lowest BCUT2D eigenvalue weighted by molar-refractivity contribution is 0.0955. The van der Waals surface area contributed by atoms with E-state index in [4.69, 9.17) is 0 Å². The molecule has 24 heavy (non-hydrogen) atoms. The van der Waals surface area contributed by atoms with Gasteiger partial charge < -0.3 is 5.11 Å². The van der Waals surface area contributed by atoms with E-state index in [9.17, 15) is 9.90 Å². The molecular formula is C20H16N2O2. The molecule has 2 N–H and O–H groups in total. The first kappa shape index (κ1) is 15.5. The highest BCUT2D eigenvalue weighted by atomic mass is 16.3. The summed E-state index contributed by atoms with van der Waals surface area (Å²) in [5, 5.41) is 13.2. The number of phenols is 1. The number of hydrazone groups is 1. The molecule has 0 aliphatic heterocycles. The maximum absolute atomic E-state index is 11.9. The summed E-state index contributed by atoms with van der Waals surface area (Å²) in [6.45, 7) is 0. The number of nitrogens with zero attached hydrogens (tertiary/aromatic N) is 1. The van der Waals surface area contributed by atoms with Gasteiger partial charge in [-0.25, -0.2) is 5.43 Å². The topological polar surface area (TPSA) is 61.7 Å².